The molecule has 4 heteroatoms. The Bertz CT molecular complexity index is 547. The summed E-state index contributed by atoms with van der Waals surface area (Å²) in [6, 6.07) is 14.9. The maximum atomic E-state index is 13.1. The number of fused-ring (bicyclic) bond motifs is 1. The van der Waals surface area contributed by atoms with Gasteiger partial charge in [0.2, 0.25) is 0 Å². The van der Waals surface area contributed by atoms with Gasteiger partial charge in [-0.2, -0.15) is 0 Å². The van der Waals surface area contributed by atoms with Crippen LogP contribution in [0.2, 0.25) is 0 Å². The molecule has 0 spiro atoms. The Kier molecular flexibility index (Phi) is 3.11. The van der Waals surface area contributed by atoms with E-state index in [-0.39, 0.29) is 5.82 Å². The molecule has 2 aromatic rings. The molecule has 1 aliphatic heterocycles. The maximum Gasteiger partial charge on any atom is 0.153 e. The first-order valence-corrected chi connectivity index (χ1v) is 6.64. The van der Waals surface area contributed by atoms with Gasteiger partial charge in [0.1, 0.15) is 11.6 Å². The van der Waals surface area contributed by atoms with Crippen molar-refractivity contribution in [1.82, 2.24) is 0 Å². The van der Waals surface area contributed by atoms with Crippen LogP contribution in [-0.4, -0.2) is 5.94 Å². The van der Waals surface area contributed by atoms with E-state index in [4.69, 9.17) is 4.74 Å². The summed E-state index contributed by atoms with van der Waals surface area (Å²) in [4.78, 5) is 0. The number of halogens is 1. The standard InChI is InChI=1S/C14H12FNOS/c15-12-6-7-13-14(8-12)17-10-18-16(13)9-11-4-2-1-3-5-11/h1-8H,9-10H2. The van der Waals surface area contributed by atoms with Crippen LogP contribution in [0.3, 0.4) is 0 Å². The lowest BCUT2D eigenvalue weighted by atomic mass is 10.2. The van der Waals surface area contributed by atoms with Gasteiger partial charge in [-0.05, 0) is 29.6 Å². The average molecular weight is 261 g/mol. The van der Waals surface area contributed by atoms with Crippen molar-refractivity contribution in [3.05, 3.63) is 59.9 Å². The van der Waals surface area contributed by atoms with E-state index in [1.807, 2.05) is 18.2 Å². The summed E-state index contributed by atoms with van der Waals surface area (Å²) >= 11 is 1.60. The van der Waals surface area contributed by atoms with Crippen LogP contribution in [0.1, 0.15) is 5.56 Å². The van der Waals surface area contributed by atoms with Crippen molar-refractivity contribution in [3.8, 4) is 5.75 Å². The first-order valence-electron chi connectivity index (χ1n) is 5.70. The molecule has 1 heterocycles. The van der Waals surface area contributed by atoms with Crippen molar-refractivity contribution in [2.75, 3.05) is 10.2 Å². The van der Waals surface area contributed by atoms with Gasteiger partial charge in [-0.1, -0.05) is 30.3 Å². The van der Waals surface area contributed by atoms with Crippen LogP contribution in [0.15, 0.2) is 48.5 Å². The zero-order valence-electron chi connectivity index (χ0n) is 9.67. The molecule has 0 fully saturated rings. The third-order valence-electron chi connectivity index (χ3n) is 2.78. The van der Waals surface area contributed by atoms with Crippen LogP contribution in [0, 0.1) is 5.82 Å². The first kappa shape index (κ1) is 11.4. The number of ether oxygens (including phenoxy) is 1. The molecule has 18 heavy (non-hydrogen) atoms. The van der Waals surface area contributed by atoms with Crippen LogP contribution in [0.25, 0.3) is 0 Å². The predicted octanol–water partition coefficient (Wildman–Crippen LogP) is 3.83. The molecule has 92 valence electrons. The van der Waals surface area contributed by atoms with E-state index in [9.17, 15) is 4.39 Å². The van der Waals surface area contributed by atoms with Crippen molar-refractivity contribution in [3.63, 3.8) is 0 Å². The number of benzene rings is 2. The van der Waals surface area contributed by atoms with Crippen LogP contribution in [-0.2, 0) is 6.54 Å². The molecule has 0 unspecified atom stereocenters. The highest BCUT2D eigenvalue weighted by atomic mass is 32.2. The Balaban J connectivity index is 1.87. The molecular formula is C14H12FNOS. The zero-order chi connectivity index (χ0) is 12.4. The lowest BCUT2D eigenvalue weighted by molar-refractivity contribution is 0.385. The Morgan fingerprint density at radius 3 is 2.83 bits per heavy atom. The highest BCUT2D eigenvalue weighted by Gasteiger charge is 2.19. The molecule has 3 rings (SSSR count). The van der Waals surface area contributed by atoms with Gasteiger partial charge < -0.3 is 9.04 Å². The monoisotopic (exact) mass is 261 g/mol. The minimum atomic E-state index is -0.264. The minimum absolute atomic E-state index is 0.264. The summed E-state index contributed by atoms with van der Waals surface area (Å²) in [5.74, 6) is 0.869. The smallest absolute Gasteiger partial charge is 0.153 e. The molecule has 0 bridgehead atoms. The topological polar surface area (TPSA) is 12.5 Å². The van der Waals surface area contributed by atoms with Gasteiger partial charge in [0.15, 0.2) is 5.94 Å². The molecule has 0 N–H and O–H groups in total. The lowest BCUT2D eigenvalue weighted by Gasteiger charge is -2.29. The van der Waals surface area contributed by atoms with E-state index in [1.165, 1.54) is 17.7 Å². The molecule has 0 saturated heterocycles. The molecule has 0 radical (unpaired) electrons. The van der Waals surface area contributed by atoms with Crippen LogP contribution in [0.5, 0.6) is 5.75 Å². The maximum absolute atomic E-state index is 13.1. The van der Waals surface area contributed by atoms with Crippen molar-refractivity contribution in [2.24, 2.45) is 0 Å². The fourth-order valence-corrected chi connectivity index (χ4v) is 2.75. The highest BCUT2D eigenvalue weighted by molar-refractivity contribution is 8.00. The molecule has 2 aromatic carbocycles. The van der Waals surface area contributed by atoms with E-state index < -0.39 is 0 Å². The quantitative estimate of drug-likeness (QED) is 0.762. The Morgan fingerprint density at radius 1 is 1.17 bits per heavy atom. The summed E-state index contributed by atoms with van der Waals surface area (Å²) < 4.78 is 20.7. The third kappa shape index (κ3) is 2.29. The number of anilines is 1. The molecular weight excluding hydrogens is 249 g/mol. The second kappa shape index (κ2) is 4.90. The van der Waals surface area contributed by atoms with E-state index in [0.717, 1.165) is 12.2 Å². The molecule has 0 atom stereocenters. The predicted molar refractivity (Wildman–Crippen MR) is 72.1 cm³/mol. The summed E-state index contributed by atoms with van der Waals surface area (Å²) in [6.45, 7) is 0.785. The van der Waals surface area contributed by atoms with E-state index in [2.05, 4.69) is 16.4 Å². The third-order valence-corrected chi connectivity index (χ3v) is 3.64. The van der Waals surface area contributed by atoms with Gasteiger partial charge >= 0.3 is 0 Å². The molecule has 2 nitrogen and oxygen atoms in total. The van der Waals surface area contributed by atoms with Crippen LogP contribution < -0.4 is 9.04 Å². The van der Waals surface area contributed by atoms with Crippen molar-refractivity contribution in [2.45, 2.75) is 6.54 Å². The first-order chi connectivity index (χ1) is 8.83. The second-order valence-electron chi connectivity index (χ2n) is 4.03. The van der Waals surface area contributed by atoms with E-state index >= 15 is 0 Å². The number of hydrogen-bond donors (Lipinski definition) is 0. The van der Waals surface area contributed by atoms with Crippen molar-refractivity contribution < 1.29 is 9.13 Å². The molecule has 1 aliphatic rings. The fraction of sp³-hybridized carbons (Fsp3) is 0.143. The minimum Gasteiger partial charge on any atom is -0.479 e. The van der Waals surface area contributed by atoms with Crippen LogP contribution in [0.4, 0.5) is 10.1 Å². The van der Waals surface area contributed by atoms with Gasteiger partial charge in [0, 0.05) is 6.07 Å². The summed E-state index contributed by atoms with van der Waals surface area (Å²) in [6.07, 6.45) is 0. The summed E-state index contributed by atoms with van der Waals surface area (Å²) in [5.41, 5.74) is 2.15. The van der Waals surface area contributed by atoms with E-state index in [1.54, 1.807) is 18.0 Å². The normalized spacial score (nSPS) is 13.9. The van der Waals surface area contributed by atoms with Crippen molar-refractivity contribution >= 4 is 17.6 Å². The Labute approximate surface area is 110 Å². The number of hydrogen-bond acceptors (Lipinski definition) is 3. The summed E-state index contributed by atoms with van der Waals surface area (Å²) in [7, 11) is 0. The molecule has 0 amide bonds. The van der Waals surface area contributed by atoms with Gasteiger partial charge in [-0.3, -0.25) is 0 Å². The second-order valence-corrected chi connectivity index (χ2v) is 4.96. The van der Waals surface area contributed by atoms with Crippen molar-refractivity contribution in [1.29, 1.82) is 0 Å². The Hall–Kier alpha value is -1.68. The van der Waals surface area contributed by atoms with Crippen LogP contribution >= 0.6 is 11.9 Å². The van der Waals surface area contributed by atoms with Gasteiger partial charge in [-0.25, -0.2) is 4.39 Å². The van der Waals surface area contributed by atoms with Gasteiger partial charge in [0.05, 0.1) is 12.2 Å². The lowest BCUT2D eigenvalue weighted by Crippen LogP contribution is -2.21. The average Bonchev–Trinajstić information content (AvgIpc) is 2.40. The highest BCUT2D eigenvalue weighted by Crippen LogP contribution is 2.38. The fourth-order valence-electron chi connectivity index (χ4n) is 1.91. The van der Waals surface area contributed by atoms with Gasteiger partial charge in [0.25, 0.3) is 0 Å². The SMILES string of the molecule is Fc1ccc2c(c1)OCSN2Cc1ccccc1. The Morgan fingerprint density at radius 2 is 2.00 bits per heavy atom. The largest absolute Gasteiger partial charge is 0.479 e. The summed E-state index contributed by atoms with van der Waals surface area (Å²) in [5, 5.41) is 0. The van der Waals surface area contributed by atoms with Gasteiger partial charge in [-0.15, -0.1) is 0 Å². The number of nitrogens with zero attached hydrogens (tertiary/aromatic N) is 1. The molecule has 0 saturated carbocycles. The zero-order valence-corrected chi connectivity index (χ0v) is 10.5. The molecule has 0 aromatic heterocycles. The molecule has 0 aliphatic carbocycles. The van der Waals surface area contributed by atoms with E-state index in [0.29, 0.717) is 11.7 Å². The number of rotatable bonds is 2.